The summed E-state index contributed by atoms with van der Waals surface area (Å²) in [5.41, 5.74) is 1.72. The monoisotopic (exact) mass is 192 g/mol. The van der Waals surface area contributed by atoms with Crippen LogP contribution in [0.5, 0.6) is 5.75 Å². The molecule has 1 atom stereocenters. The van der Waals surface area contributed by atoms with E-state index in [0.29, 0.717) is 12.2 Å². The van der Waals surface area contributed by atoms with Crippen molar-refractivity contribution in [3.63, 3.8) is 0 Å². The summed E-state index contributed by atoms with van der Waals surface area (Å²) >= 11 is 0. The van der Waals surface area contributed by atoms with Crippen LogP contribution in [-0.2, 0) is 6.42 Å². The van der Waals surface area contributed by atoms with E-state index in [0.717, 1.165) is 11.1 Å². The Balaban J connectivity index is 2.59. The SMILES string of the molecule is [CH2]c1ccc([N+](=O)[O-])c2c1CC(C)O2. The van der Waals surface area contributed by atoms with Gasteiger partial charge in [0.1, 0.15) is 6.10 Å². The van der Waals surface area contributed by atoms with Crippen molar-refractivity contribution in [3.05, 3.63) is 40.3 Å². The fraction of sp³-hybridized carbons (Fsp3) is 0.300. The summed E-state index contributed by atoms with van der Waals surface area (Å²) in [4.78, 5) is 10.3. The number of fused-ring (bicyclic) bond motifs is 1. The highest BCUT2D eigenvalue weighted by Gasteiger charge is 2.28. The summed E-state index contributed by atoms with van der Waals surface area (Å²) in [5.74, 6) is 0.398. The molecule has 0 spiro atoms. The Morgan fingerprint density at radius 2 is 2.36 bits per heavy atom. The van der Waals surface area contributed by atoms with Crippen LogP contribution < -0.4 is 4.74 Å². The standard InChI is InChI=1S/C10H10NO3/c1-6-3-4-9(11(12)13)10-8(6)5-7(2)14-10/h3-4,7H,1,5H2,2H3. The first kappa shape index (κ1) is 8.99. The quantitative estimate of drug-likeness (QED) is 0.505. The zero-order valence-corrected chi connectivity index (χ0v) is 7.82. The number of hydrogen-bond acceptors (Lipinski definition) is 3. The molecule has 0 aromatic heterocycles. The van der Waals surface area contributed by atoms with E-state index >= 15 is 0 Å². The van der Waals surface area contributed by atoms with Crippen LogP contribution in [0.1, 0.15) is 18.1 Å². The minimum atomic E-state index is -0.420. The van der Waals surface area contributed by atoms with E-state index in [9.17, 15) is 10.1 Å². The average Bonchev–Trinajstić information content (AvgIpc) is 2.47. The molecule has 0 amide bonds. The maximum absolute atomic E-state index is 10.7. The third kappa shape index (κ3) is 1.23. The van der Waals surface area contributed by atoms with E-state index in [1.165, 1.54) is 6.07 Å². The van der Waals surface area contributed by atoms with Crippen molar-refractivity contribution in [2.75, 3.05) is 0 Å². The summed E-state index contributed by atoms with van der Waals surface area (Å²) < 4.78 is 5.40. The zero-order valence-electron chi connectivity index (χ0n) is 7.82. The number of nitrogens with zero attached hydrogens (tertiary/aromatic N) is 1. The van der Waals surface area contributed by atoms with Gasteiger partial charge in [0, 0.05) is 18.1 Å². The maximum atomic E-state index is 10.7. The van der Waals surface area contributed by atoms with Crippen molar-refractivity contribution in [1.29, 1.82) is 0 Å². The number of hydrogen-bond donors (Lipinski definition) is 0. The Hall–Kier alpha value is -1.58. The molecular formula is C10H10NO3. The minimum absolute atomic E-state index is 0.00611. The van der Waals surface area contributed by atoms with E-state index in [-0.39, 0.29) is 11.8 Å². The molecule has 73 valence electrons. The number of ether oxygens (including phenoxy) is 1. The molecule has 1 unspecified atom stereocenters. The van der Waals surface area contributed by atoms with Gasteiger partial charge < -0.3 is 4.74 Å². The highest BCUT2D eigenvalue weighted by molar-refractivity contribution is 5.58. The van der Waals surface area contributed by atoms with Gasteiger partial charge in [-0.15, -0.1) is 0 Å². The number of nitro benzene ring substituents is 1. The molecule has 14 heavy (non-hydrogen) atoms. The molecule has 0 saturated carbocycles. The predicted molar refractivity (Wildman–Crippen MR) is 51.3 cm³/mol. The second kappa shape index (κ2) is 2.97. The lowest BCUT2D eigenvalue weighted by molar-refractivity contribution is -0.385. The third-order valence-electron chi connectivity index (χ3n) is 2.34. The summed E-state index contributed by atoms with van der Waals surface area (Å²) in [6.45, 7) is 5.72. The zero-order chi connectivity index (χ0) is 10.3. The fourth-order valence-corrected chi connectivity index (χ4v) is 1.69. The molecule has 0 N–H and O–H groups in total. The van der Waals surface area contributed by atoms with Gasteiger partial charge in [0.2, 0.25) is 5.75 Å². The van der Waals surface area contributed by atoms with Gasteiger partial charge in [0.15, 0.2) is 0 Å². The largest absolute Gasteiger partial charge is 0.483 e. The fourth-order valence-electron chi connectivity index (χ4n) is 1.69. The van der Waals surface area contributed by atoms with Crippen LogP contribution in [-0.4, -0.2) is 11.0 Å². The minimum Gasteiger partial charge on any atom is -0.483 e. The summed E-state index contributed by atoms with van der Waals surface area (Å²) in [6, 6.07) is 3.11. The average molecular weight is 192 g/mol. The van der Waals surface area contributed by atoms with Gasteiger partial charge in [0.05, 0.1) is 4.92 Å². The van der Waals surface area contributed by atoms with Crippen LogP contribution in [0.3, 0.4) is 0 Å². The lowest BCUT2D eigenvalue weighted by Crippen LogP contribution is -2.06. The topological polar surface area (TPSA) is 52.4 Å². The number of rotatable bonds is 1. The Bertz CT molecular complexity index is 401. The molecule has 0 aliphatic carbocycles. The first-order valence-corrected chi connectivity index (χ1v) is 4.38. The van der Waals surface area contributed by atoms with Crippen molar-refractivity contribution in [2.45, 2.75) is 19.4 Å². The van der Waals surface area contributed by atoms with Crippen molar-refractivity contribution in [3.8, 4) is 5.75 Å². The van der Waals surface area contributed by atoms with E-state index in [4.69, 9.17) is 4.74 Å². The lowest BCUT2D eigenvalue weighted by Gasteiger charge is -2.03. The molecule has 1 aliphatic rings. The van der Waals surface area contributed by atoms with E-state index < -0.39 is 4.92 Å². The smallest absolute Gasteiger partial charge is 0.311 e. The van der Waals surface area contributed by atoms with Gasteiger partial charge in [-0.3, -0.25) is 10.1 Å². The van der Waals surface area contributed by atoms with Crippen LogP contribution in [0.2, 0.25) is 0 Å². The predicted octanol–water partition coefficient (Wildman–Crippen LogP) is 2.10. The normalized spacial score (nSPS) is 18.9. The van der Waals surface area contributed by atoms with E-state index in [1.807, 2.05) is 6.92 Å². The summed E-state index contributed by atoms with van der Waals surface area (Å²) in [5, 5.41) is 10.7. The molecule has 0 fully saturated rings. The Kier molecular flexibility index (Phi) is 1.91. The Morgan fingerprint density at radius 1 is 1.64 bits per heavy atom. The second-order valence-corrected chi connectivity index (χ2v) is 3.44. The van der Waals surface area contributed by atoms with Crippen LogP contribution in [0, 0.1) is 17.0 Å². The molecule has 0 bridgehead atoms. The molecule has 2 rings (SSSR count). The molecule has 1 heterocycles. The Labute approximate surface area is 81.7 Å². The maximum Gasteiger partial charge on any atom is 0.311 e. The molecular weight excluding hydrogens is 182 g/mol. The van der Waals surface area contributed by atoms with Gasteiger partial charge in [0.25, 0.3) is 0 Å². The third-order valence-corrected chi connectivity index (χ3v) is 2.34. The first-order valence-electron chi connectivity index (χ1n) is 4.38. The van der Waals surface area contributed by atoms with Crippen LogP contribution in [0.25, 0.3) is 0 Å². The molecule has 1 aliphatic heterocycles. The lowest BCUT2D eigenvalue weighted by atomic mass is 10.0. The highest BCUT2D eigenvalue weighted by atomic mass is 16.6. The van der Waals surface area contributed by atoms with Crippen molar-refractivity contribution in [1.82, 2.24) is 0 Å². The second-order valence-electron chi connectivity index (χ2n) is 3.44. The molecule has 4 heteroatoms. The Morgan fingerprint density at radius 3 is 3.00 bits per heavy atom. The molecule has 1 aromatic carbocycles. The van der Waals surface area contributed by atoms with Gasteiger partial charge in [-0.25, -0.2) is 0 Å². The number of benzene rings is 1. The van der Waals surface area contributed by atoms with Gasteiger partial charge in [-0.05, 0) is 19.4 Å². The van der Waals surface area contributed by atoms with Crippen LogP contribution >= 0.6 is 0 Å². The molecule has 0 saturated heterocycles. The molecule has 1 radical (unpaired) electrons. The molecule has 4 nitrogen and oxygen atoms in total. The van der Waals surface area contributed by atoms with E-state index in [2.05, 4.69) is 6.92 Å². The number of nitro groups is 1. The van der Waals surface area contributed by atoms with Gasteiger partial charge in [-0.1, -0.05) is 6.07 Å². The van der Waals surface area contributed by atoms with Gasteiger partial charge in [-0.2, -0.15) is 0 Å². The van der Waals surface area contributed by atoms with E-state index in [1.54, 1.807) is 6.07 Å². The summed E-state index contributed by atoms with van der Waals surface area (Å²) in [6.07, 6.45) is 0.710. The van der Waals surface area contributed by atoms with Crippen LogP contribution in [0.4, 0.5) is 5.69 Å². The van der Waals surface area contributed by atoms with Crippen molar-refractivity contribution < 1.29 is 9.66 Å². The van der Waals surface area contributed by atoms with Crippen molar-refractivity contribution >= 4 is 5.69 Å². The first-order chi connectivity index (χ1) is 6.59. The highest BCUT2D eigenvalue weighted by Crippen LogP contribution is 2.39. The van der Waals surface area contributed by atoms with Crippen molar-refractivity contribution in [2.24, 2.45) is 0 Å². The van der Waals surface area contributed by atoms with Crippen LogP contribution in [0.15, 0.2) is 12.1 Å². The molecule has 1 aromatic rings. The summed E-state index contributed by atoms with van der Waals surface area (Å²) in [7, 11) is 0. The van der Waals surface area contributed by atoms with Gasteiger partial charge >= 0.3 is 5.69 Å².